The van der Waals surface area contributed by atoms with Crippen molar-refractivity contribution < 1.29 is 0 Å². The quantitative estimate of drug-likeness (QED) is 0.674. The first kappa shape index (κ1) is 8.02. The van der Waals surface area contributed by atoms with Gasteiger partial charge in [-0.15, -0.1) is 0 Å². The molecule has 0 radical (unpaired) electrons. The summed E-state index contributed by atoms with van der Waals surface area (Å²) in [6.07, 6.45) is 1.05. The van der Waals surface area contributed by atoms with Crippen molar-refractivity contribution in [1.29, 1.82) is 0 Å². The molecule has 1 fully saturated rings. The summed E-state index contributed by atoms with van der Waals surface area (Å²) >= 11 is 5.96. The van der Waals surface area contributed by atoms with Crippen molar-refractivity contribution in [2.45, 2.75) is 25.3 Å². The number of halogens is 1. The third kappa shape index (κ3) is 1.32. The molecular formula is C9H11ClN2. The molecule has 3 heteroatoms. The van der Waals surface area contributed by atoms with E-state index in [0.717, 1.165) is 17.7 Å². The Morgan fingerprint density at radius 2 is 2.25 bits per heavy atom. The van der Waals surface area contributed by atoms with Crippen LogP contribution in [0.3, 0.4) is 0 Å². The van der Waals surface area contributed by atoms with E-state index in [-0.39, 0.29) is 0 Å². The highest BCUT2D eigenvalue weighted by molar-refractivity contribution is 6.30. The van der Waals surface area contributed by atoms with Gasteiger partial charge in [0.2, 0.25) is 0 Å². The Kier molecular flexibility index (Phi) is 1.81. The minimum absolute atomic E-state index is 0.298. The highest BCUT2D eigenvalue weighted by Gasteiger charge is 2.36. The first-order chi connectivity index (χ1) is 5.68. The van der Waals surface area contributed by atoms with E-state index in [1.165, 1.54) is 0 Å². The molecule has 1 heterocycles. The summed E-state index contributed by atoms with van der Waals surface area (Å²) in [6, 6.07) is 4.31. The fourth-order valence-electron chi connectivity index (χ4n) is 1.38. The van der Waals surface area contributed by atoms with Gasteiger partial charge in [-0.1, -0.05) is 17.7 Å². The fraction of sp³-hybridized carbons (Fsp3) is 0.444. The van der Waals surface area contributed by atoms with Gasteiger partial charge in [-0.3, -0.25) is 0 Å². The van der Waals surface area contributed by atoms with Crippen LogP contribution in [0.25, 0.3) is 0 Å². The van der Waals surface area contributed by atoms with Crippen molar-refractivity contribution in [3.63, 3.8) is 0 Å². The van der Waals surface area contributed by atoms with Crippen LogP contribution in [0.2, 0.25) is 5.15 Å². The summed E-state index contributed by atoms with van der Waals surface area (Å²) in [5, 5.41) is 0.618. The van der Waals surface area contributed by atoms with E-state index in [4.69, 9.17) is 17.3 Å². The number of nitrogens with two attached hydrogens (primary N) is 1. The van der Waals surface area contributed by atoms with Gasteiger partial charge in [0.15, 0.2) is 0 Å². The lowest BCUT2D eigenvalue weighted by Gasteiger charge is -2.01. The van der Waals surface area contributed by atoms with Crippen LogP contribution in [0, 0.1) is 6.92 Å². The van der Waals surface area contributed by atoms with Gasteiger partial charge in [-0.25, -0.2) is 4.98 Å². The second-order valence-corrected chi connectivity index (χ2v) is 3.70. The lowest BCUT2D eigenvalue weighted by atomic mass is 10.2. The van der Waals surface area contributed by atoms with Crippen molar-refractivity contribution in [3.05, 3.63) is 28.5 Å². The van der Waals surface area contributed by atoms with E-state index < -0.39 is 0 Å². The summed E-state index contributed by atoms with van der Waals surface area (Å²) in [6.45, 7) is 1.93. The Hall–Kier alpha value is -0.600. The van der Waals surface area contributed by atoms with Crippen molar-refractivity contribution >= 4 is 11.6 Å². The van der Waals surface area contributed by atoms with Crippen molar-refractivity contribution in [3.8, 4) is 0 Å². The summed E-state index contributed by atoms with van der Waals surface area (Å²) < 4.78 is 0. The van der Waals surface area contributed by atoms with Gasteiger partial charge in [-0.2, -0.15) is 0 Å². The monoisotopic (exact) mass is 182 g/mol. The molecule has 2 N–H and O–H groups in total. The van der Waals surface area contributed by atoms with E-state index in [1.54, 1.807) is 0 Å². The minimum atomic E-state index is 0.298. The van der Waals surface area contributed by atoms with Gasteiger partial charge in [0.1, 0.15) is 5.15 Å². The highest BCUT2D eigenvalue weighted by atomic mass is 35.5. The van der Waals surface area contributed by atoms with Crippen LogP contribution in [-0.2, 0) is 0 Å². The topological polar surface area (TPSA) is 38.9 Å². The first-order valence-corrected chi connectivity index (χ1v) is 4.45. The number of aryl methyl sites for hydroxylation is 1. The Bertz CT molecular complexity index is 311. The molecule has 2 rings (SSSR count). The molecule has 0 unspecified atom stereocenters. The van der Waals surface area contributed by atoms with Crippen LogP contribution >= 0.6 is 11.6 Å². The van der Waals surface area contributed by atoms with E-state index in [1.807, 2.05) is 19.1 Å². The lowest BCUT2D eigenvalue weighted by molar-refractivity contribution is 0.976. The van der Waals surface area contributed by atoms with Crippen LogP contribution < -0.4 is 5.73 Å². The molecule has 1 aliphatic carbocycles. The molecule has 1 saturated carbocycles. The first-order valence-electron chi connectivity index (χ1n) is 4.07. The zero-order valence-electron chi connectivity index (χ0n) is 6.92. The Morgan fingerprint density at radius 3 is 2.75 bits per heavy atom. The van der Waals surface area contributed by atoms with Crippen molar-refractivity contribution in [2.75, 3.05) is 0 Å². The van der Waals surface area contributed by atoms with Gasteiger partial charge < -0.3 is 5.73 Å². The number of nitrogens with zero attached hydrogens (tertiary/aromatic N) is 1. The molecule has 0 aromatic carbocycles. The molecule has 0 spiro atoms. The molecule has 0 aliphatic heterocycles. The maximum Gasteiger partial charge on any atom is 0.132 e. The van der Waals surface area contributed by atoms with Crippen LogP contribution in [-0.4, -0.2) is 11.0 Å². The van der Waals surface area contributed by atoms with E-state index in [9.17, 15) is 0 Å². The smallest absolute Gasteiger partial charge is 0.132 e. The lowest BCUT2D eigenvalue weighted by Crippen LogP contribution is -2.01. The third-order valence-corrected chi connectivity index (χ3v) is 2.56. The number of aromatic nitrogens is 1. The Balaban J connectivity index is 2.33. The maximum absolute atomic E-state index is 5.96. The fourth-order valence-corrected chi connectivity index (χ4v) is 1.72. The zero-order chi connectivity index (χ0) is 8.72. The average Bonchev–Trinajstić information content (AvgIpc) is 2.66. The molecular weight excluding hydrogens is 172 g/mol. The second-order valence-electron chi connectivity index (χ2n) is 3.34. The standard InChI is InChI=1S/C9H11ClN2/c1-5-2-3-6(9(10)12-5)7-4-8(7)11/h2-3,7-8H,4,11H2,1H3/t7-,8+/m0/s1. The summed E-state index contributed by atoms with van der Waals surface area (Å²) in [4.78, 5) is 4.18. The molecule has 2 atom stereocenters. The Morgan fingerprint density at radius 1 is 1.58 bits per heavy atom. The number of rotatable bonds is 1. The molecule has 0 amide bonds. The van der Waals surface area contributed by atoms with Gasteiger partial charge in [0.25, 0.3) is 0 Å². The minimum Gasteiger partial charge on any atom is -0.327 e. The van der Waals surface area contributed by atoms with Gasteiger partial charge >= 0.3 is 0 Å². The maximum atomic E-state index is 5.96. The number of pyridine rings is 1. The summed E-state index contributed by atoms with van der Waals surface area (Å²) in [7, 11) is 0. The Labute approximate surface area is 76.7 Å². The normalized spacial score (nSPS) is 27.2. The molecule has 12 heavy (non-hydrogen) atoms. The molecule has 64 valence electrons. The molecule has 1 aliphatic rings. The zero-order valence-corrected chi connectivity index (χ0v) is 7.67. The molecule has 1 aromatic rings. The summed E-state index contributed by atoms with van der Waals surface area (Å²) in [5.74, 6) is 0.450. The van der Waals surface area contributed by atoms with Crippen LogP contribution in [0.4, 0.5) is 0 Å². The molecule has 0 saturated heterocycles. The average molecular weight is 183 g/mol. The van der Waals surface area contributed by atoms with Crippen LogP contribution in [0.5, 0.6) is 0 Å². The predicted octanol–water partition coefficient (Wildman–Crippen LogP) is 1.86. The van der Waals surface area contributed by atoms with Crippen LogP contribution in [0.1, 0.15) is 23.6 Å². The van der Waals surface area contributed by atoms with E-state index >= 15 is 0 Å². The van der Waals surface area contributed by atoms with Gasteiger partial charge in [0.05, 0.1) is 0 Å². The van der Waals surface area contributed by atoms with Gasteiger partial charge in [-0.05, 0) is 25.0 Å². The largest absolute Gasteiger partial charge is 0.327 e. The molecule has 2 nitrogen and oxygen atoms in total. The van der Waals surface area contributed by atoms with Crippen molar-refractivity contribution in [1.82, 2.24) is 4.98 Å². The third-order valence-electron chi connectivity index (χ3n) is 2.26. The van der Waals surface area contributed by atoms with Crippen LogP contribution in [0.15, 0.2) is 12.1 Å². The SMILES string of the molecule is Cc1ccc([C@@H]2C[C@H]2N)c(Cl)n1. The van der Waals surface area contributed by atoms with Gasteiger partial charge in [0, 0.05) is 17.7 Å². The van der Waals surface area contributed by atoms with E-state index in [2.05, 4.69) is 4.98 Å². The van der Waals surface area contributed by atoms with Crippen molar-refractivity contribution in [2.24, 2.45) is 5.73 Å². The second kappa shape index (κ2) is 2.71. The molecule has 1 aromatic heterocycles. The highest BCUT2D eigenvalue weighted by Crippen LogP contribution is 2.41. The number of hydrogen-bond acceptors (Lipinski definition) is 2. The van der Waals surface area contributed by atoms with E-state index in [0.29, 0.717) is 17.1 Å². The molecule has 0 bridgehead atoms. The summed E-state index contributed by atoms with van der Waals surface area (Å²) in [5.41, 5.74) is 7.78. The predicted molar refractivity (Wildman–Crippen MR) is 49.3 cm³/mol. The number of hydrogen-bond donors (Lipinski definition) is 1.